The molecule has 34 heavy (non-hydrogen) atoms. The van der Waals surface area contributed by atoms with Crippen molar-refractivity contribution < 1.29 is 19.5 Å². The lowest BCUT2D eigenvalue weighted by molar-refractivity contribution is -0.113. The van der Waals surface area contributed by atoms with Gasteiger partial charge in [-0.2, -0.15) is 0 Å². The van der Waals surface area contributed by atoms with Gasteiger partial charge in [-0.25, -0.2) is 4.79 Å². The number of H-pyrrole nitrogens is 1. The minimum Gasteiger partial charge on any atom is -0.477 e. The Labute approximate surface area is 196 Å². The third kappa shape index (κ3) is 3.69. The summed E-state index contributed by atoms with van der Waals surface area (Å²) in [4.78, 5) is 41.0. The second kappa shape index (κ2) is 8.48. The van der Waals surface area contributed by atoms with Crippen molar-refractivity contribution in [2.45, 2.75) is 13.3 Å². The van der Waals surface area contributed by atoms with Crippen LogP contribution in [0.3, 0.4) is 0 Å². The fraction of sp³-hybridized carbons (Fsp3) is 0.107. The zero-order chi connectivity index (χ0) is 23.8. The van der Waals surface area contributed by atoms with Crippen molar-refractivity contribution >= 4 is 29.2 Å². The highest BCUT2D eigenvalue weighted by Crippen LogP contribution is 2.35. The van der Waals surface area contributed by atoms with Crippen molar-refractivity contribution in [3.8, 4) is 0 Å². The number of allylic oxidation sites excluding steroid dienone is 2. The molecule has 0 bridgehead atoms. The van der Waals surface area contributed by atoms with Crippen LogP contribution in [0.5, 0.6) is 0 Å². The summed E-state index contributed by atoms with van der Waals surface area (Å²) in [7, 11) is 0. The number of carbonyl (C=O) groups excluding carboxylic acids is 2. The Hall–Kier alpha value is -4.45. The maximum atomic E-state index is 13.3. The third-order valence-electron chi connectivity index (χ3n) is 6.27. The van der Waals surface area contributed by atoms with E-state index in [2.05, 4.69) is 10.3 Å². The van der Waals surface area contributed by atoms with E-state index in [1.807, 2.05) is 42.5 Å². The predicted molar refractivity (Wildman–Crippen MR) is 129 cm³/mol. The number of hydrogen-bond acceptors (Lipinski definition) is 4. The van der Waals surface area contributed by atoms with Gasteiger partial charge in [0.25, 0.3) is 0 Å². The number of carboxylic acids is 1. The Morgan fingerprint density at radius 1 is 1.00 bits per heavy atom. The number of aromatic carboxylic acids is 1. The largest absolute Gasteiger partial charge is 0.477 e. The molecule has 2 aromatic carbocycles. The highest BCUT2D eigenvalue weighted by Gasteiger charge is 2.29. The lowest BCUT2D eigenvalue weighted by atomic mass is 9.88. The first-order valence-electron chi connectivity index (χ1n) is 11.0. The standard InChI is InChI=1S/C28H22N2O4/c1-16-25(27(32)18-10-6-3-7-11-18)23(30-26(16)28(33)34)12-19-15-29-22-13-21(24(31)14-20(19)22)17-8-4-2-5-9-17/h2-13,29-30H,14-15H2,1H3,(H,33,34). The molecule has 2 aliphatic rings. The molecule has 2 heterocycles. The Kier molecular flexibility index (Phi) is 5.34. The maximum Gasteiger partial charge on any atom is 0.352 e. The second-order valence-electron chi connectivity index (χ2n) is 8.35. The Balaban J connectivity index is 1.58. The van der Waals surface area contributed by atoms with Gasteiger partial charge < -0.3 is 15.4 Å². The summed E-state index contributed by atoms with van der Waals surface area (Å²) in [5.74, 6) is -1.36. The lowest BCUT2D eigenvalue weighted by Gasteiger charge is -2.15. The van der Waals surface area contributed by atoms with E-state index in [0.717, 1.165) is 22.4 Å². The van der Waals surface area contributed by atoms with E-state index < -0.39 is 5.97 Å². The lowest BCUT2D eigenvalue weighted by Crippen LogP contribution is -2.12. The molecule has 0 fully saturated rings. The summed E-state index contributed by atoms with van der Waals surface area (Å²) in [6.07, 6.45) is 3.90. The van der Waals surface area contributed by atoms with Crippen LogP contribution in [-0.2, 0) is 4.79 Å². The van der Waals surface area contributed by atoms with Crippen LogP contribution >= 0.6 is 0 Å². The summed E-state index contributed by atoms with van der Waals surface area (Å²) >= 11 is 0. The van der Waals surface area contributed by atoms with Crippen LogP contribution in [0, 0.1) is 6.92 Å². The zero-order valence-corrected chi connectivity index (χ0v) is 18.5. The van der Waals surface area contributed by atoms with Crippen LogP contribution in [0.4, 0.5) is 0 Å². The van der Waals surface area contributed by atoms with Gasteiger partial charge in [0.05, 0.1) is 11.3 Å². The molecule has 0 spiro atoms. The number of nitrogens with one attached hydrogen (secondary N) is 2. The van der Waals surface area contributed by atoms with E-state index in [0.29, 0.717) is 34.5 Å². The molecule has 5 rings (SSSR count). The highest BCUT2D eigenvalue weighted by atomic mass is 16.4. The molecular weight excluding hydrogens is 428 g/mol. The SMILES string of the molecule is Cc1c(C(=O)O)[nH]c(C=C2CNC3=C2CC(=O)C(c2ccccc2)=C3)c1C(=O)c1ccccc1. The van der Waals surface area contributed by atoms with E-state index in [4.69, 9.17) is 0 Å². The summed E-state index contributed by atoms with van der Waals surface area (Å²) < 4.78 is 0. The number of ketones is 2. The molecule has 3 N–H and O–H groups in total. The Morgan fingerprint density at radius 2 is 1.68 bits per heavy atom. The number of aromatic nitrogens is 1. The highest BCUT2D eigenvalue weighted by molar-refractivity contribution is 6.23. The van der Waals surface area contributed by atoms with Crippen LogP contribution in [0.25, 0.3) is 11.6 Å². The molecule has 1 aromatic heterocycles. The van der Waals surface area contributed by atoms with Crippen molar-refractivity contribution in [2.75, 3.05) is 6.54 Å². The molecule has 168 valence electrons. The summed E-state index contributed by atoms with van der Waals surface area (Å²) in [5.41, 5.74) is 5.75. The van der Waals surface area contributed by atoms with Gasteiger partial charge in [0.15, 0.2) is 11.6 Å². The molecule has 0 atom stereocenters. The number of Topliss-reactive ketones (excluding diaryl/α,β-unsaturated/α-hetero) is 1. The van der Waals surface area contributed by atoms with E-state index in [9.17, 15) is 19.5 Å². The van der Waals surface area contributed by atoms with Crippen molar-refractivity contribution in [1.82, 2.24) is 10.3 Å². The summed E-state index contributed by atoms with van der Waals surface area (Å²) in [6, 6.07) is 18.3. The topological polar surface area (TPSA) is 99.3 Å². The molecule has 0 unspecified atom stereocenters. The predicted octanol–water partition coefficient (Wildman–Crippen LogP) is 4.55. The monoisotopic (exact) mass is 450 g/mol. The van der Waals surface area contributed by atoms with Gasteiger partial charge in [-0.3, -0.25) is 9.59 Å². The number of carboxylic acid groups (broad SMARTS) is 1. The number of carbonyl (C=O) groups is 3. The van der Waals surface area contributed by atoms with Gasteiger partial charge >= 0.3 is 5.97 Å². The molecule has 3 aromatic rings. The first-order valence-corrected chi connectivity index (χ1v) is 11.0. The third-order valence-corrected chi connectivity index (χ3v) is 6.27. The van der Waals surface area contributed by atoms with Crippen LogP contribution in [-0.4, -0.2) is 34.2 Å². The summed E-state index contributed by atoms with van der Waals surface area (Å²) in [6.45, 7) is 2.12. The quantitative estimate of drug-likeness (QED) is 0.496. The number of benzene rings is 2. The second-order valence-corrected chi connectivity index (χ2v) is 8.35. The Bertz CT molecular complexity index is 1420. The van der Waals surface area contributed by atoms with Crippen molar-refractivity contribution in [3.63, 3.8) is 0 Å². The Morgan fingerprint density at radius 3 is 2.35 bits per heavy atom. The number of rotatable bonds is 5. The molecule has 1 aliphatic heterocycles. The van der Waals surface area contributed by atoms with E-state index in [-0.39, 0.29) is 23.7 Å². The van der Waals surface area contributed by atoms with E-state index in [1.165, 1.54) is 0 Å². The fourth-order valence-electron chi connectivity index (χ4n) is 4.55. The number of hydrogen-bond donors (Lipinski definition) is 3. The molecule has 0 saturated carbocycles. The summed E-state index contributed by atoms with van der Waals surface area (Å²) in [5, 5.41) is 13.0. The van der Waals surface area contributed by atoms with Crippen LogP contribution in [0.15, 0.2) is 83.6 Å². The van der Waals surface area contributed by atoms with Gasteiger partial charge in [-0.15, -0.1) is 0 Å². The van der Waals surface area contributed by atoms with Gasteiger partial charge in [0.1, 0.15) is 5.69 Å². The normalized spacial score (nSPS) is 16.3. The average Bonchev–Trinajstić information content (AvgIpc) is 3.39. The van der Waals surface area contributed by atoms with Gasteiger partial charge in [-0.1, -0.05) is 60.7 Å². The molecular formula is C28H22N2O4. The van der Waals surface area contributed by atoms with E-state index in [1.54, 1.807) is 37.3 Å². The van der Waals surface area contributed by atoms with E-state index >= 15 is 0 Å². The first-order chi connectivity index (χ1) is 16.4. The van der Waals surface area contributed by atoms with Crippen LogP contribution in [0.1, 0.15) is 49.7 Å². The first kappa shape index (κ1) is 21.4. The minimum atomic E-state index is -1.13. The number of aromatic amines is 1. The molecule has 0 radical (unpaired) electrons. The smallest absolute Gasteiger partial charge is 0.352 e. The van der Waals surface area contributed by atoms with Crippen molar-refractivity contribution in [3.05, 3.63) is 117 Å². The van der Waals surface area contributed by atoms with Crippen molar-refractivity contribution in [1.29, 1.82) is 0 Å². The van der Waals surface area contributed by atoms with Crippen molar-refractivity contribution in [2.24, 2.45) is 0 Å². The van der Waals surface area contributed by atoms with Crippen LogP contribution < -0.4 is 5.32 Å². The molecule has 6 nitrogen and oxygen atoms in total. The molecule has 6 heteroatoms. The van der Waals surface area contributed by atoms with Gasteiger partial charge in [0.2, 0.25) is 0 Å². The van der Waals surface area contributed by atoms with Gasteiger partial charge in [-0.05, 0) is 41.3 Å². The van der Waals surface area contributed by atoms with Crippen LogP contribution in [0.2, 0.25) is 0 Å². The van der Waals surface area contributed by atoms with Gasteiger partial charge in [0, 0.05) is 29.8 Å². The maximum absolute atomic E-state index is 13.3. The fourth-order valence-corrected chi connectivity index (χ4v) is 4.55. The minimum absolute atomic E-state index is 0.0164. The molecule has 0 amide bonds. The average molecular weight is 450 g/mol. The zero-order valence-electron chi connectivity index (χ0n) is 18.5. The molecule has 1 aliphatic carbocycles. The molecule has 0 saturated heterocycles.